The van der Waals surface area contributed by atoms with Crippen molar-refractivity contribution < 1.29 is 9.47 Å². The maximum absolute atomic E-state index is 6.05. The first-order valence-electron chi connectivity index (χ1n) is 7.00. The van der Waals surface area contributed by atoms with Crippen LogP contribution < -0.4 is 15.2 Å². The monoisotopic (exact) mass is 277 g/mol. The predicted octanol–water partition coefficient (Wildman–Crippen LogP) is 2.00. The number of hydrogen-bond donors (Lipinski definition) is 1. The first-order chi connectivity index (χ1) is 9.74. The summed E-state index contributed by atoms with van der Waals surface area (Å²) in [6.45, 7) is 2.54. The van der Waals surface area contributed by atoms with Crippen molar-refractivity contribution in [1.82, 2.24) is 4.90 Å². The van der Waals surface area contributed by atoms with Crippen molar-refractivity contribution in [3.05, 3.63) is 23.8 Å². The van der Waals surface area contributed by atoms with E-state index in [4.69, 9.17) is 15.2 Å². The van der Waals surface area contributed by atoms with Crippen LogP contribution in [0.3, 0.4) is 0 Å². The van der Waals surface area contributed by atoms with E-state index in [1.807, 2.05) is 18.2 Å². The molecule has 110 valence electrons. The van der Waals surface area contributed by atoms with Gasteiger partial charge in [-0.25, -0.2) is 4.99 Å². The van der Waals surface area contributed by atoms with Crippen LogP contribution >= 0.6 is 0 Å². The number of nitrogens with zero attached hydrogens (tertiary/aromatic N) is 2. The molecule has 2 rings (SSSR count). The molecule has 1 fully saturated rings. The number of guanidine groups is 1. The van der Waals surface area contributed by atoms with Crippen molar-refractivity contribution in [3.8, 4) is 11.5 Å². The van der Waals surface area contributed by atoms with Crippen LogP contribution in [0.15, 0.2) is 23.2 Å². The minimum Gasteiger partial charge on any atom is -0.497 e. The number of methoxy groups -OCH3 is 2. The highest BCUT2D eigenvalue weighted by atomic mass is 16.5. The summed E-state index contributed by atoms with van der Waals surface area (Å²) in [4.78, 5) is 6.63. The molecular formula is C15H23N3O2. The summed E-state index contributed by atoms with van der Waals surface area (Å²) < 4.78 is 10.5. The Bertz CT molecular complexity index is 468. The van der Waals surface area contributed by atoms with Gasteiger partial charge in [0, 0.05) is 24.7 Å². The molecule has 5 heteroatoms. The fourth-order valence-corrected chi connectivity index (χ4v) is 2.37. The average Bonchev–Trinajstić information content (AvgIpc) is 2.53. The molecule has 20 heavy (non-hydrogen) atoms. The smallest absolute Gasteiger partial charge is 0.191 e. The molecule has 0 unspecified atom stereocenters. The third-order valence-electron chi connectivity index (χ3n) is 3.59. The van der Waals surface area contributed by atoms with Crippen molar-refractivity contribution in [3.63, 3.8) is 0 Å². The Balaban J connectivity index is 2.05. The van der Waals surface area contributed by atoms with Gasteiger partial charge >= 0.3 is 0 Å². The highest BCUT2D eigenvalue weighted by molar-refractivity contribution is 5.78. The Hall–Kier alpha value is -1.91. The van der Waals surface area contributed by atoms with Gasteiger partial charge in [0.1, 0.15) is 11.5 Å². The molecule has 1 aliphatic rings. The van der Waals surface area contributed by atoms with E-state index < -0.39 is 0 Å². The van der Waals surface area contributed by atoms with Crippen molar-refractivity contribution in [1.29, 1.82) is 0 Å². The molecule has 0 bridgehead atoms. The fourth-order valence-electron chi connectivity index (χ4n) is 2.37. The minimum absolute atomic E-state index is 0.523. The molecule has 0 radical (unpaired) electrons. The van der Waals surface area contributed by atoms with Crippen molar-refractivity contribution in [2.24, 2.45) is 10.7 Å². The molecule has 0 saturated carbocycles. The lowest BCUT2D eigenvalue weighted by atomic mass is 10.1. The number of benzene rings is 1. The Morgan fingerprint density at radius 2 is 1.95 bits per heavy atom. The van der Waals surface area contributed by atoms with Crippen molar-refractivity contribution in [2.45, 2.75) is 25.8 Å². The number of aliphatic imine (C=N–C) groups is 1. The van der Waals surface area contributed by atoms with Gasteiger partial charge in [0.05, 0.1) is 20.8 Å². The third-order valence-corrected chi connectivity index (χ3v) is 3.59. The van der Waals surface area contributed by atoms with Crippen molar-refractivity contribution in [2.75, 3.05) is 27.3 Å². The molecule has 5 nitrogen and oxygen atoms in total. The zero-order chi connectivity index (χ0) is 14.4. The molecule has 0 aromatic heterocycles. The maximum atomic E-state index is 6.05. The number of nitrogens with two attached hydrogens (primary N) is 1. The molecule has 2 N–H and O–H groups in total. The van der Waals surface area contributed by atoms with Gasteiger partial charge in [-0.05, 0) is 31.4 Å². The number of rotatable bonds is 4. The standard InChI is InChI=1S/C15H23N3O2/c1-19-13-7-6-12(14(10-13)20-2)11-17-15(16)18-8-4-3-5-9-18/h6-7,10H,3-5,8-9,11H2,1-2H3,(H2,16,17). The molecule has 0 amide bonds. The number of ether oxygens (including phenoxy) is 2. The molecule has 1 aromatic rings. The number of hydrogen-bond acceptors (Lipinski definition) is 3. The normalized spacial score (nSPS) is 16.1. The van der Waals surface area contributed by atoms with E-state index in [2.05, 4.69) is 9.89 Å². The van der Waals surface area contributed by atoms with Crippen LogP contribution in [0.2, 0.25) is 0 Å². The lowest BCUT2D eigenvalue weighted by Crippen LogP contribution is -2.40. The van der Waals surface area contributed by atoms with Crippen LogP contribution in [-0.2, 0) is 6.54 Å². The second-order valence-electron chi connectivity index (χ2n) is 4.90. The molecule has 0 atom stereocenters. The van der Waals surface area contributed by atoms with E-state index >= 15 is 0 Å². The fraction of sp³-hybridized carbons (Fsp3) is 0.533. The van der Waals surface area contributed by atoms with E-state index in [0.29, 0.717) is 12.5 Å². The first-order valence-corrected chi connectivity index (χ1v) is 7.00. The lowest BCUT2D eigenvalue weighted by Gasteiger charge is -2.27. The molecule has 1 heterocycles. The highest BCUT2D eigenvalue weighted by Crippen LogP contribution is 2.25. The van der Waals surface area contributed by atoms with Crippen LogP contribution in [0.1, 0.15) is 24.8 Å². The minimum atomic E-state index is 0.523. The second-order valence-corrected chi connectivity index (χ2v) is 4.90. The van der Waals surface area contributed by atoms with E-state index in [9.17, 15) is 0 Å². The lowest BCUT2D eigenvalue weighted by molar-refractivity contribution is 0.338. The zero-order valence-corrected chi connectivity index (χ0v) is 12.3. The highest BCUT2D eigenvalue weighted by Gasteiger charge is 2.12. The SMILES string of the molecule is COc1ccc(CN=C(N)N2CCCCC2)c(OC)c1. The summed E-state index contributed by atoms with van der Waals surface area (Å²) in [5.41, 5.74) is 7.06. The van der Waals surface area contributed by atoms with Gasteiger partial charge in [-0.3, -0.25) is 0 Å². The van der Waals surface area contributed by atoms with Crippen LogP contribution in [0, 0.1) is 0 Å². The molecule has 1 aromatic carbocycles. The van der Waals surface area contributed by atoms with Gasteiger partial charge in [0.25, 0.3) is 0 Å². The topological polar surface area (TPSA) is 60.1 Å². The molecular weight excluding hydrogens is 254 g/mol. The molecule has 1 aliphatic heterocycles. The van der Waals surface area contributed by atoms with Crippen molar-refractivity contribution >= 4 is 5.96 Å². The average molecular weight is 277 g/mol. The van der Waals surface area contributed by atoms with Crippen LogP contribution in [0.25, 0.3) is 0 Å². The van der Waals surface area contributed by atoms with Gasteiger partial charge in [0.2, 0.25) is 0 Å². The Morgan fingerprint density at radius 3 is 2.60 bits per heavy atom. The molecule has 0 spiro atoms. The Labute approximate surface area is 120 Å². The molecule has 1 saturated heterocycles. The summed E-state index contributed by atoms with van der Waals surface area (Å²) in [6, 6.07) is 5.73. The summed E-state index contributed by atoms with van der Waals surface area (Å²) in [5.74, 6) is 2.18. The first kappa shape index (κ1) is 14.5. The van der Waals surface area contributed by atoms with E-state index in [1.54, 1.807) is 14.2 Å². The van der Waals surface area contributed by atoms with Gasteiger partial charge in [-0.2, -0.15) is 0 Å². The van der Waals surface area contributed by atoms with E-state index in [-0.39, 0.29) is 0 Å². The summed E-state index contributed by atoms with van der Waals surface area (Å²) >= 11 is 0. The summed E-state index contributed by atoms with van der Waals surface area (Å²) in [6.07, 6.45) is 3.68. The van der Waals surface area contributed by atoms with E-state index in [1.165, 1.54) is 19.3 Å². The quantitative estimate of drug-likeness (QED) is 0.675. The van der Waals surface area contributed by atoms with E-state index in [0.717, 1.165) is 30.2 Å². The number of piperidine rings is 1. The van der Waals surface area contributed by atoms with Crippen LogP contribution in [0.4, 0.5) is 0 Å². The van der Waals surface area contributed by atoms with Gasteiger partial charge < -0.3 is 20.1 Å². The largest absolute Gasteiger partial charge is 0.497 e. The zero-order valence-electron chi connectivity index (χ0n) is 12.3. The van der Waals surface area contributed by atoms with Gasteiger partial charge in [0.15, 0.2) is 5.96 Å². The Morgan fingerprint density at radius 1 is 1.20 bits per heavy atom. The summed E-state index contributed by atoms with van der Waals surface area (Å²) in [5, 5.41) is 0. The maximum Gasteiger partial charge on any atom is 0.191 e. The molecule has 0 aliphatic carbocycles. The van der Waals surface area contributed by atoms with Gasteiger partial charge in [-0.15, -0.1) is 0 Å². The van der Waals surface area contributed by atoms with Crippen LogP contribution in [-0.4, -0.2) is 38.2 Å². The third kappa shape index (κ3) is 3.56. The Kier molecular flexibility index (Phi) is 5.09. The van der Waals surface area contributed by atoms with Gasteiger partial charge in [-0.1, -0.05) is 0 Å². The summed E-state index contributed by atoms with van der Waals surface area (Å²) in [7, 11) is 3.29. The van der Waals surface area contributed by atoms with Crippen LogP contribution in [0.5, 0.6) is 11.5 Å². The number of likely N-dealkylation sites (tertiary alicyclic amines) is 1. The second kappa shape index (κ2) is 7.03. The predicted molar refractivity (Wildman–Crippen MR) is 80.3 cm³/mol.